The van der Waals surface area contributed by atoms with Crippen molar-refractivity contribution >= 4 is 39.3 Å². The Morgan fingerprint density at radius 1 is 1.29 bits per heavy atom. The van der Waals surface area contributed by atoms with E-state index in [0.717, 1.165) is 29.4 Å². The van der Waals surface area contributed by atoms with Crippen LogP contribution < -0.4 is 21.3 Å². The van der Waals surface area contributed by atoms with Crippen LogP contribution in [0.1, 0.15) is 71.9 Å². The van der Waals surface area contributed by atoms with Crippen molar-refractivity contribution < 1.29 is 18.7 Å². The van der Waals surface area contributed by atoms with Crippen LogP contribution in [0.15, 0.2) is 30.5 Å². The van der Waals surface area contributed by atoms with Crippen LogP contribution in [-0.4, -0.2) is 75.9 Å². The van der Waals surface area contributed by atoms with Gasteiger partial charge in [-0.3, -0.25) is 0 Å². The molecule has 2 aromatic carbocycles. The van der Waals surface area contributed by atoms with Crippen molar-refractivity contribution in [1.82, 2.24) is 19.4 Å². The van der Waals surface area contributed by atoms with Crippen molar-refractivity contribution in [1.29, 1.82) is 5.26 Å². The highest BCUT2D eigenvalue weighted by atomic mass is 19.1. The number of carbonyl (C=O) groups is 1. The topological polar surface area (TPSA) is 139 Å². The summed E-state index contributed by atoms with van der Waals surface area (Å²) in [5, 5.41) is 12.5. The fourth-order valence-corrected chi connectivity index (χ4v) is 7.44. The van der Waals surface area contributed by atoms with Gasteiger partial charge in [-0.05, 0) is 103 Å². The molecule has 0 bridgehead atoms. The quantitative estimate of drug-likeness (QED) is 0.131. The SMILES string of the molecule is CCCN(C)CC(C)Oc1nc2c(F)c(-c3cccc4c3c(CC#N)cn4C)c(C)cc2c(N(N)C2CCN(C(=O)OC(C)(C)C)[C@H](C)C2)c1N. The van der Waals surface area contributed by atoms with E-state index in [2.05, 4.69) is 17.9 Å². The number of aromatic nitrogens is 2. The first kappa shape index (κ1) is 37.7. The third-order valence-corrected chi connectivity index (χ3v) is 9.64. The Morgan fingerprint density at radius 3 is 2.67 bits per heavy atom. The van der Waals surface area contributed by atoms with Gasteiger partial charge >= 0.3 is 6.09 Å². The largest absolute Gasteiger partial charge is 0.472 e. The normalized spacial score (nSPS) is 17.2. The minimum atomic E-state index is -0.610. The second-order valence-electron chi connectivity index (χ2n) is 15.1. The van der Waals surface area contributed by atoms with Crippen LogP contribution in [0, 0.1) is 24.1 Å². The number of piperidine rings is 1. The van der Waals surface area contributed by atoms with Gasteiger partial charge in [0, 0.05) is 60.3 Å². The summed E-state index contributed by atoms with van der Waals surface area (Å²) >= 11 is 0. The summed E-state index contributed by atoms with van der Waals surface area (Å²) in [7, 11) is 3.95. The molecule has 4 N–H and O–H groups in total. The van der Waals surface area contributed by atoms with E-state index in [-0.39, 0.29) is 47.8 Å². The number of hydrogen-bond acceptors (Lipinski definition) is 9. The molecule has 0 radical (unpaired) electrons. The predicted octanol–water partition coefficient (Wildman–Crippen LogP) is 7.07. The number of pyridine rings is 1. The third-order valence-electron chi connectivity index (χ3n) is 9.64. The maximum atomic E-state index is 17.3. The van der Waals surface area contributed by atoms with Crippen LogP contribution in [0.25, 0.3) is 32.9 Å². The Balaban J connectivity index is 1.64. The highest BCUT2D eigenvalue weighted by molar-refractivity contribution is 6.05. The Kier molecular flexibility index (Phi) is 11.0. The van der Waals surface area contributed by atoms with E-state index in [0.29, 0.717) is 53.7 Å². The van der Waals surface area contributed by atoms with Gasteiger partial charge in [-0.1, -0.05) is 19.1 Å². The smallest absolute Gasteiger partial charge is 0.410 e. The minimum Gasteiger partial charge on any atom is -0.472 e. The van der Waals surface area contributed by atoms with Crippen molar-refractivity contribution in [2.24, 2.45) is 12.9 Å². The molecule has 3 atom stereocenters. The number of rotatable bonds is 10. The average molecular weight is 701 g/mol. The number of nitrogen functional groups attached to an aromatic ring is 1. The number of aryl methyl sites for hydroxylation is 2. The molecule has 5 rings (SSSR count). The second-order valence-corrected chi connectivity index (χ2v) is 15.1. The van der Waals surface area contributed by atoms with Crippen molar-refractivity contribution in [3.63, 3.8) is 0 Å². The summed E-state index contributed by atoms with van der Waals surface area (Å²) in [6.45, 7) is 15.4. The number of likely N-dealkylation sites (tertiary alicyclic amines) is 1. The molecule has 12 heteroatoms. The molecule has 2 aromatic heterocycles. The van der Waals surface area contributed by atoms with Gasteiger partial charge in [0.15, 0.2) is 5.82 Å². The molecule has 1 fully saturated rings. The van der Waals surface area contributed by atoms with E-state index in [1.165, 1.54) is 0 Å². The van der Waals surface area contributed by atoms with Crippen LogP contribution in [0.5, 0.6) is 5.88 Å². The molecule has 1 aliphatic rings. The number of nitrogens with zero attached hydrogens (tertiary/aromatic N) is 6. The monoisotopic (exact) mass is 700 g/mol. The van der Waals surface area contributed by atoms with Crippen molar-refractivity contribution in [2.75, 3.05) is 37.4 Å². The van der Waals surface area contributed by atoms with Crippen LogP contribution in [0.3, 0.4) is 0 Å². The number of fused-ring (bicyclic) bond motifs is 2. The summed E-state index contributed by atoms with van der Waals surface area (Å²) in [6, 6.07) is 9.51. The van der Waals surface area contributed by atoms with Crippen molar-refractivity contribution in [3.8, 4) is 23.1 Å². The molecule has 0 spiro atoms. The van der Waals surface area contributed by atoms with E-state index < -0.39 is 11.4 Å². The lowest BCUT2D eigenvalue weighted by Gasteiger charge is -2.42. The van der Waals surface area contributed by atoms with Crippen LogP contribution in [0.2, 0.25) is 0 Å². The first-order chi connectivity index (χ1) is 24.1. The van der Waals surface area contributed by atoms with Gasteiger partial charge in [0.25, 0.3) is 0 Å². The molecule has 11 nitrogen and oxygen atoms in total. The number of nitriles is 1. The molecule has 2 unspecified atom stereocenters. The van der Waals surface area contributed by atoms with Gasteiger partial charge in [-0.2, -0.15) is 5.26 Å². The molecule has 0 saturated carbocycles. The molecular weight excluding hydrogens is 647 g/mol. The standard InChI is InChI=1S/C39H53FN8O3/c1-10-17-45(8)21-25(4)50-37-34(42)36(48(43)27-15-18-47(24(3)20-27)38(49)51-39(5,6)7)29-19-23(2)31(33(40)35(29)44-37)28-12-11-13-30-32(28)26(14-16-41)22-46(30)9/h11-13,19,22,24-25,27H,10,14-15,17-18,20-21,42-43H2,1-9H3/t24-,25?,27?/m1/s1. The molecule has 274 valence electrons. The minimum absolute atomic E-state index is 0.0911. The number of hydrogen-bond donors (Lipinski definition) is 2. The second kappa shape index (κ2) is 14.9. The Bertz CT molecular complexity index is 1960. The first-order valence-corrected chi connectivity index (χ1v) is 17.8. The zero-order valence-corrected chi connectivity index (χ0v) is 31.5. The number of nitrogens with two attached hydrogens (primary N) is 2. The summed E-state index contributed by atoms with van der Waals surface area (Å²) in [4.78, 5) is 21.6. The van der Waals surface area contributed by atoms with Crippen LogP contribution in [0.4, 0.5) is 20.6 Å². The molecule has 0 aliphatic carbocycles. The van der Waals surface area contributed by atoms with Gasteiger partial charge in [0.1, 0.15) is 22.9 Å². The van der Waals surface area contributed by atoms with Gasteiger partial charge < -0.3 is 34.6 Å². The number of carbonyl (C=O) groups excluding carboxylic acids is 1. The Labute approximate surface area is 300 Å². The van der Waals surface area contributed by atoms with Gasteiger partial charge in [-0.15, -0.1) is 0 Å². The Morgan fingerprint density at radius 2 is 2.02 bits per heavy atom. The molecule has 3 heterocycles. The van der Waals surface area contributed by atoms with Crippen molar-refractivity contribution in [3.05, 3.63) is 47.4 Å². The molecule has 4 aromatic rings. The van der Waals surface area contributed by atoms with Gasteiger partial charge in [0.05, 0.1) is 18.2 Å². The van der Waals surface area contributed by atoms with E-state index in [4.69, 9.17) is 26.0 Å². The van der Waals surface area contributed by atoms with E-state index in [1.54, 1.807) is 9.91 Å². The van der Waals surface area contributed by atoms with Crippen LogP contribution in [-0.2, 0) is 18.2 Å². The molecule has 51 heavy (non-hydrogen) atoms. The fourth-order valence-electron chi connectivity index (χ4n) is 7.44. The lowest BCUT2D eigenvalue weighted by Crippen LogP contribution is -2.54. The lowest BCUT2D eigenvalue weighted by atomic mass is 9.92. The number of halogens is 1. The molecular formula is C39H53FN8O3. The van der Waals surface area contributed by atoms with E-state index in [9.17, 15) is 10.1 Å². The number of anilines is 2. The molecule has 1 aliphatic heterocycles. The maximum Gasteiger partial charge on any atom is 0.410 e. The number of ether oxygens (including phenoxy) is 2. The lowest BCUT2D eigenvalue weighted by molar-refractivity contribution is 0.0103. The first-order valence-electron chi connectivity index (χ1n) is 17.8. The zero-order chi connectivity index (χ0) is 37.4. The van der Waals surface area contributed by atoms with Crippen LogP contribution >= 0.6 is 0 Å². The zero-order valence-electron chi connectivity index (χ0n) is 31.5. The van der Waals surface area contributed by atoms with Crippen molar-refractivity contribution in [2.45, 2.75) is 97.9 Å². The fraction of sp³-hybridized carbons (Fsp3) is 0.513. The molecule has 1 amide bonds. The predicted molar refractivity (Wildman–Crippen MR) is 202 cm³/mol. The van der Waals surface area contributed by atoms with Gasteiger partial charge in [-0.25, -0.2) is 20.0 Å². The summed E-state index contributed by atoms with van der Waals surface area (Å²) in [6.07, 6.45) is 3.54. The third kappa shape index (κ3) is 7.70. The summed E-state index contributed by atoms with van der Waals surface area (Å²) in [5.74, 6) is 6.58. The number of amides is 1. The van der Waals surface area contributed by atoms with Gasteiger partial charge in [0.2, 0.25) is 5.88 Å². The van der Waals surface area contributed by atoms with E-state index >= 15 is 4.39 Å². The highest BCUT2D eigenvalue weighted by Gasteiger charge is 2.36. The number of likely N-dealkylation sites (N-methyl/N-ethyl adjacent to an activating group) is 1. The summed E-state index contributed by atoms with van der Waals surface area (Å²) in [5.41, 5.74) is 10.5. The average Bonchev–Trinajstić information content (AvgIpc) is 3.36. The maximum absolute atomic E-state index is 17.3. The molecule has 1 saturated heterocycles. The number of benzene rings is 2. The summed E-state index contributed by atoms with van der Waals surface area (Å²) < 4.78 is 31.3. The highest BCUT2D eigenvalue weighted by Crippen LogP contribution is 2.44. The number of hydrazine groups is 1. The van der Waals surface area contributed by atoms with E-state index in [1.807, 2.05) is 90.7 Å². The Hall–Kier alpha value is -4.60.